The summed E-state index contributed by atoms with van der Waals surface area (Å²) in [5, 5.41) is 13.2. The van der Waals surface area contributed by atoms with E-state index in [9.17, 15) is 13.6 Å². The zero-order chi connectivity index (χ0) is 20.8. The number of nitrogens with zero attached hydrogens (tertiary/aromatic N) is 4. The van der Waals surface area contributed by atoms with E-state index in [4.69, 9.17) is 4.79 Å². The third-order valence-corrected chi connectivity index (χ3v) is 5.18. The number of carbonyl (C=O) groups excluding carboxylic acids is 2. The largest absolute Gasteiger partial charge is 0.338 e. The fourth-order valence-electron chi connectivity index (χ4n) is 3.02. The number of hydrogen-bond acceptors (Lipinski definition) is 7. The second-order valence-electron chi connectivity index (χ2n) is 6.20. The van der Waals surface area contributed by atoms with Crippen molar-refractivity contribution in [2.75, 3.05) is 36.4 Å². The van der Waals surface area contributed by atoms with Crippen LogP contribution in [-0.2, 0) is 4.79 Å². The first-order chi connectivity index (χ1) is 14.1. The number of aromatic nitrogens is 3. The Bertz CT molecular complexity index is 968. The number of rotatable bonds is 4. The Morgan fingerprint density at radius 2 is 2.07 bits per heavy atom. The first kappa shape index (κ1) is 20.8. The van der Waals surface area contributed by atoms with E-state index in [1.807, 2.05) is 6.79 Å². The van der Waals surface area contributed by atoms with Crippen molar-refractivity contribution in [1.82, 2.24) is 19.9 Å². The van der Waals surface area contributed by atoms with Crippen molar-refractivity contribution in [3.63, 3.8) is 0 Å². The fraction of sp³-hybridized carbons (Fsp3) is 0.333. The minimum absolute atomic E-state index is 0.128. The molecule has 3 aromatic rings. The van der Waals surface area contributed by atoms with Gasteiger partial charge in [-0.2, -0.15) is 0 Å². The third kappa shape index (κ3) is 4.57. The highest BCUT2D eigenvalue weighted by Crippen LogP contribution is 2.30. The van der Waals surface area contributed by atoms with Crippen LogP contribution in [0.3, 0.4) is 0 Å². The van der Waals surface area contributed by atoms with Crippen LogP contribution in [0.2, 0.25) is 0 Å². The van der Waals surface area contributed by atoms with Gasteiger partial charge in [-0.05, 0) is 25.1 Å². The monoisotopic (exact) mass is 422 g/mol. The number of hydrogen-bond donors (Lipinski definition) is 2. The lowest BCUT2D eigenvalue weighted by molar-refractivity contribution is -0.0980. The molecule has 1 aliphatic rings. The van der Waals surface area contributed by atoms with Crippen LogP contribution in [0.5, 0.6) is 0 Å². The summed E-state index contributed by atoms with van der Waals surface area (Å²) in [6.07, 6.45) is 0.00267. The Morgan fingerprint density at radius 3 is 2.86 bits per heavy atom. The average molecular weight is 422 g/mol. The SMILES string of the molecule is C=O.O=C(Nc1cscc1C(F)F)c1ccc2cnc(N3CCCNCC3)nn12. The molecule has 0 saturated carbocycles. The van der Waals surface area contributed by atoms with Crippen molar-refractivity contribution >= 4 is 41.2 Å². The first-order valence-corrected chi connectivity index (χ1v) is 9.82. The molecule has 1 aliphatic heterocycles. The van der Waals surface area contributed by atoms with Gasteiger partial charge in [-0.1, -0.05) is 0 Å². The van der Waals surface area contributed by atoms with Gasteiger partial charge in [0.15, 0.2) is 0 Å². The number of amides is 1. The molecule has 8 nitrogen and oxygen atoms in total. The van der Waals surface area contributed by atoms with Gasteiger partial charge in [0.1, 0.15) is 12.5 Å². The normalized spacial score (nSPS) is 14.4. The van der Waals surface area contributed by atoms with Crippen LogP contribution in [-0.4, -0.2) is 53.5 Å². The Kier molecular flexibility index (Phi) is 6.83. The molecule has 0 bridgehead atoms. The molecule has 29 heavy (non-hydrogen) atoms. The molecule has 2 N–H and O–H groups in total. The molecule has 1 fully saturated rings. The Hall–Kier alpha value is -2.92. The van der Waals surface area contributed by atoms with Gasteiger partial charge in [0, 0.05) is 30.4 Å². The highest BCUT2D eigenvalue weighted by Gasteiger charge is 2.20. The zero-order valence-electron chi connectivity index (χ0n) is 15.5. The van der Waals surface area contributed by atoms with Crippen LogP contribution in [0.4, 0.5) is 20.4 Å². The second-order valence-corrected chi connectivity index (χ2v) is 6.94. The Balaban J connectivity index is 0.00000117. The number of alkyl halides is 2. The molecule has 1 saturated heterocycles. The molecule has 0 unspecified atom stereocenters. The first-order valence-electron chi connectivity index (χ1n) is 8.88. The standard InChI is InChI=1S/C17H18F2N6OS.CH2O/c18-15(19)12-9-27-10-13(12)22-16(26)14-3-2-11-8-21-17(23-25(11)14)24-6-1-4-20-5-7-24;1-2/h2-3,8-10,15,20H,1,4-7H2,(H,22,26);1H2. The van der Waals surface area contributed by atoms with Crippen LogP contribution in [0.1, 0.15) is 28.9 Å². The van der Waals surface area contributed by atoms with Crippen molar-refractivity contribution in [1.29, 1.82) is 0 Å². The maximum absolute atomic E-state index is 13.0. The summed E-state index contributed by atoms with van der Waals surface area (Å²) in [5.74, 6) is 0.0535. The molecule has 3 aromatic heterocycles. The molecule has 0 aromatic carbocycles. The van der Waals surface area contributed by atoms with Crippen LogP contribution in [0.25, 0.3) is 5.52 Å². The topological polar surface area (TPSA) is 91.6 Å². The van der Waals surface area contributed by atoms with Gasteiger partial charge in [-0.25, -0.2) is 18.3 Å². The van der Waals surface area contributed by atoms with E-state index >= 15 is 0 Å². The van der Waals surface area contributed by atoms with Crippen molar-refractivity contribution in [3.8, 4) is 0 Å². The summed E-state index contributed by atoms with van der Waals surface area (Å²) >= 11 is 1.12. The van der Waals surface area contributed by atoms with Crippen LogP contribution in [0, 0.1) is 0 Å². The quantitative estimate of drug-likeness (QED) is 0.672. The van der Waals surface area contributed by atoms with Crippen molar-refractivity contribution < 1.29 is 18.4 Å². The van der Waals surface area contributed by atoms with Crippen LogP contribution in [0.15, 0.2) is 29.1 Å². The van der Waals surface area contributed by atoms with E-state index < -0.39 is 12.3 Å². The molecular formula is C18H20F2N6O2S. The maximum Gasteiger partial charge on any atom is 0.274 e. The van der Waals surface area contributed by atoms with Crippen LogP contribution >= 0.6 is 11.3 Å². The number of anilines is 2. The molecule has 0 spiro atoms. The van der Waals surface area contributed by atoms with Crippen molar-refractivity contribution in [2.24, 2.45) is 0 Å². The molecule has 154 valence electrons. The summed E-state index contributed by atoms with van der Waals surface area (Å²) in [6, 6.07) is 3.34. The van der Waals surface area contributed by atoms with E-state index in [-0.39, 0.29) is 16.9 Å². The van der Waals surface area contributed by atoms with Gasteiger partial charge in [-0.3, -0.25) is 4.79 Å². The van der Waals surface area contributed by atoms with Crippen molar-refractivity contribution in [2.45, 2.75) is 12.8 Å². The van der Waals surface area contributed by atoms with Gasteiger partial charge in [0.2, 0.25) is 5.95 Å². The predicted molar refractivity (Wildman–Crippen MR) is 107 cm³/mol. The minimum atomic E-state index is -2.64. The number of nitrogens with one attached hydrogen (secondary N) is 2. The summed E-state index contributed by atoms with van der Waals surface area (Å²) in [5.41, 5.74) is 0.883. The molecule has 4 heterocycles. The highest BCUT2D eigenvalue weighted by molar-refractivity contribution is 7.08. The molecule has 4 rings (SSSR count). The molecule has 0 radical (unpaired) electrons. The Morgan fingerprint density at radius 1 is 1.24 bits per heavy atom. The summed E-state index contributed by atoms with van der Waals surface area (Å²) in [6.45, 7) is 5.40. The van der Waals surface area contributed by atoms with Gasteiger partial charge < -0.3 is 20.3 Å². The third-order valence-electron chi connectivity index (χ3n) is 4.42. The number of thiophene rings is 1. The highest BCUT2D eigenvalue weighted by atomic mass is 32.1. The molecular weight excluding hydrogens is 402 g/mol. The van der Waals surface area contributed by atoms with E-state index in [1.165, 1.54) is 15.3 Å². The van der Waals surface area contributed by atoms with Crippen molar-refractivity contribution in [3.05, 3.63) is 40.3 Å². The molecule has 0 atom stereocenters. The van der Waals surface area contributed by atoms with Gasteiger partial charge in [0.05, 0.1) is 23.0 Å². The lowest BCUT2D eigenvalue weighted by atomic mass is 10.3. The summed E-state index contributed by atoms with van der Waals surface area (Å²) in [4.78, 5) is 27.1. The van der Waals surface area contributed by atoms with Gasteiger partial charge in [-0.15, -0.1) is 16.4 Å². The molecule has 1 amide bonds. The number of halogens is 2. The number of fused-ring (bicyclic) bond motifs is 1. The van der Waals surface area contributed by atoms with Crippen LogP contribution < -0.4 is 15.5 Å². The predicted octanol–water partition coefficient (Wildman–Crippen LogP) is 2.60. The second kappa shape index (κ2) is 9.52. The lowest BCUT2D eigenvalue weighted by Crippen LogP contribution is -2.30. The molecule has 0 aliphatic carbocycles. The number of carbonyl (C=O) groups is 2. The maximum atomic E-state index is 13.0. The lowest BCUT2D eigenvalue weighted by Gasteiger charge is -2.19. The van der Waals surface area contributed by atoms with E-state index in [2.05, 4.69) is 25.6 Å². The fourth-order valence-corrected chi connectivity index (χ4v) is 3.79. The van der Waals surface area contributed by atoms with Gasteiger partial charge in [0.25, 0.3) is 12.3 Å². The smallest absolute Gasteiger partial charge is 0.274 e. The minimum Gasteiger partial charge on any atom is -0.338 e. The van der Waals surface area contributed by atoms with E-state index in [0.717, 1.165) is 43.9 Å². The van der Waals surface area contributed by atoms with E-state index in [1.54, 1.807) is 18.3 Å². The van der Waals surface area contributed by atoms with Gasteiger partial charge >= 0.3 is 0 Å². The average Bonchev–Trinajstić information content (AvgIpc) is 3.28. The molecule has 11 heteroatoms. The van der Waals surface area contributed by atoms with E-state index in [0.29, 0.717) is 11.5 Å². The summed E-state index contributed by atoms with van der Waals surface area (Å²) in [7, 11) is 0. The summed E-state index contributed by atoms with van der Waals surface area (Å²) < 4.78 is 27.5. The zero-order valence-corrected chi connectivity index (χ0v) is 16.3. The Labute approximate surface area is 169 Å².